The van der Waals surface area contributed by atoms with E-state index in [1.54, 1.807) is 6.07 Å². The highest BCUT2D eigenvalue weighted by molar-refractivity contribution is 6.36. The molecule has 2 aromatic carbocycles. The largest absolute Gasteiger partial charge is 0.462 e. The molecule has 2 saturated heterocycles. The number of amides is 1. The highest BCUT2D eigenvalue weighted by Crippen LogP contribution is 2.38. The van der Waals surface area contributed by atoms with E-state index in [9.17, 15) is 13.6 Å². The number of carbonyl (C=O) groups is 1. The standard InChI is InChI=1S/C33H36ClF2N7O2/c1-20(2)42-13-10-23(42)19-45-33-38-27-18-40(28-7-5-6-22-8-9-26(36)30(34)29(22)28)12-11-25(27)31(39-33)41-14-15-43(32(44)21(3)35)24(17-41)16-37-4/h5-9,20,23-24H,3,10-19H2,1-2H3/t23?,24-/m0/s1. The zero-order valence-corrected chi connectivity index (χ0v) is 26.2. The van der Waals surface area contributed by atoms with Crippen LogP contribution in [0.4, 0.5) is 20.3 Å². The van der Waals surface area contributed by atoms with Crippen LogP contribution < -0.4 is 14.5 Å². The Labute approximate surface area is 266 Å². The zero-order chi connectivity index (χ0) is 31.8. The van der Waals surface area contributed by atoms with Gasteiger partial charge in [-0.05, 0) is 44.2 Å². The number of aromatic nitrogens is 2. The van der Waals surface area contributed by atoms with Crippen molar-refractivity contribution >= 4 is 39.8 Å². The summed E-state index contributed by atoms with van der Waals surface area (Å²) >= 11 is 6.48. The van der Waals surface area contributed by atoms with E-state index in [0.717, 1.165) is 35.3 Å². The molecule has 3 aliphatic rings. The number of nitrogens with zero attached hydrogens (tertiary/aromatic N) is 7. The first kappa shape index (κ1) is 31.0. The summed E-state index contributed by atoms with van der Waals surface area (Å²) in [6, 6.07) is 9.34. The maximum absolute atomic E-state index is 14.6. The van der Waals surface area contributed by atoms with Crippen LogP contribution in [0.1, 0.15) is 31.5 Å². The first-order valence-corrected chi connectivity index (χ1v) is 15.7. The Kier molecular flexibility index (Phi) is 8.80. The van der Waals surface area contributed by atoms with Gasteiger partial charge in [0.2, 0.25) is 6.54 Å². The summed E-state index contributed by atoms with van der Waals surface area (Å²) in [5.74, 6) is -1.59. The molecule has 12 heteroatoms. The molecule has 0 aliphatic carbocycles. The van der Waals surface area contributed by atoms with Gasteiger partial charge < -0.3 is 24.3 Å². The fourth-order valence-electron chi connectivity index (χ4n) is 6.70. The average molecular weight is 636 g/mol. The maximum atomic E-state index is 14.6. The molecule has 9 nitrogen and oxygen atoms in total. The summed E-state index contributed by atoms with van der Waals surface area (Å²) < 4.78 is 34.6. The lowest BCUT2D eigenvalue weighted by atomic mass is 10.0. The predicted octanol–water partition coefficient (Wildman–Crippen LogP) is 5.27. The third-order valence-electron chi connectivity index (χ3n) is 9.11. The minimum Gasteiger partial charge on any atom is -0.462 e. The number of piperazine rings is 1. The Bertz CT molecular complexity index is 1680. The normalized spacial score (nSPS) is 20.2. The average Bonchev–Trinajstić information content (AvgIpc) is 3.01. The lowest BCUT2D eigenvalue weighted by molar-refractivity contribution is -0.131. The molecule has 0 spiro atoms. The van der Waals surface area contributed by atoms with Crippen LogP contribution in [0.25, 0.3) is 15.6 Å². The number of carbonyl (C=O) groups excluding carboxylic acids is 1. The number of anilines is 2. The summed E-state index contributed by atoms with van der Waals surface area (Å²) in [6.07, 6.45) is 1.64. The van der Waals surface area contributed by atoms with Gasteiger partial charge in [-0.15, -0.1) is 0 Å². The molecule has 2 atom stereocenters. The van der Waals surface area contributed by atoms with Crippen LogP contribution in [0, 0.1) is 12.4 Å². The minimum atomic E-state index is -1.03. The quantitative estimate of drug-likeness (QED) is 0.247. The van der Waals surface area contributed by atoms with Crippen molar-refractivity contribution in [2.24, 2.45) is 0 Å². The van der Waals surface area contributed by atoms with E-state index >= 15 is 0 Å². The molecule has 0 saturated carbocycles. The van der Waals surface area contributed by atoms with Crippen LogP contribution >= 0.6 is 11.6 Å². The fraction of sp³-hybridized carbons (Fsp3) is 0.455. The van der Waals surface area contributed by atoms with Gasteiger partial charge in [0.15, 0.2) is 5.83 Å². The molecule has 236 valence electrons. The van der Waals surface area contributed by atoms with Crippen molar-refractivity contribution in [1.82, 2.24) is 19.8 Å². The Morgan fingerprint density at radius 2 is 1.98 bits per heavy atom. The van der Waals surface area contributed by atoms with E-state index in [1.807, 2.05) is 18.2 Å². The molecule has 4 heterocycles. The van der Waals surface area contributed by atoms with Gasteiger partial charge in [-0.25, -0.2) is 15.4 Å². The van der Waals surface area contributed by atoms with Crippen molar-refractivity contribution in [3.63, 3.8) is 0 Å². The topological polar surface area (TPSA) is 69.4 Å². The maximum Gasteiger partial charge on any atom is 0.318 e. The van der Waals surface area contributed by atoms with Crippen molar-refractivity contribution in [2.75, 3.05) is 55.7 Å². The fourth-order valence-corrected chi connectivity index (χ4v) is 6.97. The van der Waals surface area contributed by atoms with Crippen LogP contribution in [0.3, 0.4) is 0 Å². The van der Waals surface area contributed by atoms with Gasteiger partial charge in [0.05, 0.1) is 17.3 Å². The van der Waals surface area contributed by atoms with Crippen LogP contribution in [0.5, 0.6) is 6.01 Å². The number of benzene rings is 2. The third-order valence-corrected chi connectivity index (χ3v) is 9.48. The van der Waals surface area contributed by atoms with Crippen LogP contribution in [0.2, 0.25) is 5.02 Å². The number of ether oxygens (including phenoxy) is 1. The summed E-state index contributed by atoms with van der Waals surface area (Å²) in [7, 11) is 0. The van der Waals surface area contributed by atoms with Crippen molar-refractivity contribution in [1.29, 1.82) is 0 Å². The molecule has 0 bridgehead atoms. The first-order chi connectivity index (χ1) is 21.7. The van der Waals surface area contributed by atoms with Gasteiger partial charge in [-0.3, -0.25) is 9.69 Å². The van der Waals surface area contributed by atoms with Crippen LogP contribution in [-0.4, -0.2) is 89.7 Å². The van der Waals surface area contributed by atoms with Gasteiger partial charge in [0.25, 0.3) is 5.91 Å². The summed E-state index contributed by atoms with van der Waals surface area (Å²) in [5.41, 5.74) is 2.57. The van der Waals surface area contributed by atoms with E-state index < -0.39 is 23.6 Å². The number of fused-ring (bicyclic) bond motifs is 2. The monoisotopic (exact) mass is 635 g/mol. The molecular formula is C33H36ClF2N7O2. The Morgan fingerprint density at radius 1 is 1.16 bits per heavy atom. The van der Waals surface area contributed by atoms with E-state index in [1.165, 1.54) is 11.0 Å². The van der Waals surface area contributed by atoms with Gasteiger partial charge in [0, 0.05) is 61.4 Å². The van der Waals surface area contributed by atoms with E-state index in [0.29, 0.717) is 56.5 Å². The number of rotatable bonds is 8. The lowest BCUT2D eigenvalue weighted by Gasteiger charge is -2.43. The predicted molar refractivity (Wildman–Crippen MR) is 171 cm³/mol. The van der Waals surface area contributed by atoms with Crippen molar-refractivity contribution in [3.8, 4) is 6.01 Å². The first-order valence-electron chi connectivity index (χ1n) is 15.3. The molecule has 45 heavy (non-hydrogen) atoms. The highest BCUT2D eigenvalue weighted by Gasteiger charge is 2.37. The molecule has 1 amide bonds. The smallest absolute Gasteiger partial charge is 0.318 e. The van der Waals surface area contributed by atoms with Crippen molar-refractivity contribution in [2.45, 2.75) is 51.4 Å². The molecule has 0 radical (unpaired) electrons. The second-order valence-corrected chi connectivity index (χ2v) is 12.5. The van der Waals surface area contributed by atoms with E-state index in [4.69, 9.17) is 32.9 Å². The summed E-state index contributed by atoms with van der Waals surface area (Å²) in [4.78, 5) is 33.8. The lowest BCUT2D eigenvalue weighted by Crippen LogP contribution is -2.57. The van der Waals surface area contributed by atoms with Crippen LogP contribution in [-0.2, 0) is 17.8 Å². The Morgan fingerprint density at radius 3 is 2.69 bits per heavy atom. The zero-order valence-electron chi connectivity index (χ0n) is 25.5. The second kappa shape index (κ2) is 12.8. The van der Waals surface area contributed by atoms with E-state index in [-0.39, 0.29) is 30.2 Å². The Hall–Kier alpha value is -4.01. The molecular weight excluding hydrogens is 600 g/mol. The number of hydrogen-bond donors (Lipinski definition) is 0. The molecule has 1 aromatic heterocycles. The highest BCUT2D eigenvalue weighted by atomic mass is 35.5. The molecule has 3 aromatic rings. The van der Waals surface area contributed by atoms with Crippen LogP contribution in [0.15, 0.2) is 42.7 Å². The summed E-state index contributed by atoms with van der Waals surface area (Å²) in [6.45, 7) is 18.5. The Balaban J connectivity index is 1.34. The molecule has 3 aliphatic heterocycles. The van der Waals surface area contributed by atoms with Crippen molar-refractivity contribution < 1.29 is 18.3 Å². The molecule has 6 rings (SSSR count). The molecule has 2 fully saturated rings. The van der Waals surface area contributed by atoms with Gasteiger partial charge in [0.1, 0.15) is 24.3 Å². The third kappa shape index (κ3) is 6.01. The molecule has 0 N–H and O–H groups in total. The van der Waals surface area contributed by atoms with Gasteiger partial charge >= 0.3 is 6.01 Å². The number of hydrogen-bond acceptors (Lipinski definition) is 7. The van der Waals surface area contributed by atoms with Gasteiger partial charge in [-0.1, -0.05) is 36.4 Å². The number of halogens is 3. The summed E-state index contributed by atoms with van der Waals surface area (Å²) in [5, 5.41) is 1.59. The number of likely N-dealkylation sites (tertiary alicyclic amines) is 1. The SMILES string of the molecule is [C-]#[N+]C[C@H]1CN(c2nc(OCC3CCN3C(C)C)nc3c2CCN(c2cccc4ccc(F)c(Cl)c24)C3)CCN1C(=O)C(=C)F. The van der Waals surface area contributed by atoms with Gasteiger partial charge in [-0.2, -0.15) is 9.97 Å². The van der Waals surface area contributed by atoms with Crippen molar-refractivity contribution in [3.05, 3.63) is 76.3 Å². The second-order valence-electron chi connectivity index (χ2n) is 12.1. The van der Waals surface area contributed by atoms with E-state index in [2.05, 4.69) is 40.0 Å². The minimum absolute atomic E-state index is 0.0328. The molecule has 1 unspecified atom stereocenters.